The lowest BCUT2D eigenvalue weighted by Crippen LogP contribution is -2.42. The Kier molecular flexibility index (Phi) is 5.23. The van der Waals surface area contributed by atoms with Crippen LogP contribution in [0.5, 0.6) is 5.75 Å². The summed E-state index contributed by atoms with van der Waals surface area (Å²) in [7, 11) is 0. The summed E-state index contributed by atoms with van der Waals surface area (Å²) in [6.07, 6.45) is 1.83. The number of ether oxygens (including phenoxy) is 1. The van der Waals surface area contributed by atoms with Crippen molar-refractivity contribution in [2.45, 2.75) is 46.6 Å². The molecule has 1 aromatic heterocycles. The zero-order valence-corrected chi connectivity index (χ0v) is 16.8. The molecule has 3 rings (SSSR count). The van der Waals surface area contributed by atoms with Crippen LogP contribution in [0, 0.1) is 27.7 Å². The lowest BCUT2D eigenvalue weighted by molar-refractivity contribution is 0.0591. The van der Waals surface area contributed by atoms with Gasteiger partial charge in [-0.3, -0.25) is 4.79 Å². The molecular weight excluding hydrogens is 382 g/mol. The monoisotopic (exact) mass is 405 g/mol. The maximum atomic E-state index is 12.8. The molecule has 0 N–H and O–H groups in total. The lowest BCUT2D eigenvalue weighted by Gasteiger charge is -2.32. The van der Waals surface area contributed by atoms with Crippen LogP contribution in [0.15, 0.2) is 27.1 Å². The van der Waals surface area contributed by atoms with E-state index in [2.05, 4.69) is 41.9 Å². The van der Waals surface area contributed by atoms with Crippen molar-refractivity contribution < 1.29 is 13.9 Å². The van der Waals surface area contributed by atoms with Crippen LogP contribution in [0.25, 0.3) is 0 Å². The number of furan rings is 1. The van der Waals surface area contributed by atoms with Crippen LogP contribution in [0.3, 0.4) is 0 Å². The number of hydrogen-bond donors (Lipinski definition) is 0. The zero-order valence-electron chi connectivity index (χ0n) is 15.2. The van der Waals surface area contributed by atoms with Gasteiger partial charge in [0.25, 0.3) is 5.91 Å². The normalized spacial score (nSPS) is 15.5. The molecular formula is C20H24BrNO3. The number of nitrogens with zero attached hydrogens (tertiary/aromatic N) is 1. The quantitative estimate of drug-likeness (QED) is 0.724. The maximum absolute atomic E-state index is 12.8. The van der Waals surface area contributed by atoms with Crippen LogP contribution in [0.1, 0.15) is 45.8 Å². The first-order chi connectivity index (χ1) is 11.9. The average molecular weight is 406 g/mol. The largest absolute Gasteiger partial charge is 0.490 e. The molecule has 0 atom stereocenters. The van der Waals surface area contributed by atoms with Crippen LogP contribution in [-0.2, 0) is 0 Å². The summed E-state index contributed by atoms with van der Waals surface area (Å²) in [5, 5.41) is 0. The SMILES string of the molecule is Cc1cccc(C)c1OC1CCN(C(=O)c2c(C)oc(C)c2Br)CC1. The van der Waals surface area contributed by atoms with Gasteiger partial charge in [-0.05, 0) is 54.8 Å². The van der Waals surface area contributed by atoms with E-state index in [9.17, 15) is 4.79 Å². The van der Waals surface area contributed by atoms with E-state index in [-0.39, 0.29) is 12.0 Å². The van der Waals surface area contributed by atoms with Crippen LogP contribution in [0.4, 0.5) is 0 Å². The van der Waals surface area contributed by atoms with Crippen molar-refractivity contribution in [3.8, 4) is 5.75 Å². The van der Waals surface area contributed by atoms with Gasteiger partial charge in [0, 0.05) is 25.9 Å². The predicted molar refractivity (Wildman–Crippen MR) is 101 cm³/mol. The van der Waals surface area contributed by atoms with Crippen molar-refractivity contribution in [3.63, 3.8) is 0 Å². The molecule has 1 saturated heterocycles. The number of halogens is 1. The number of rotatable bonds is 3. The van der Waals surface area contributed by atoms with Gasteiger partial charge in [0.2, 0.25) is 0 Å². The molecule has 0 unspecified atom stereocenters. The molecule has 0 bridgehead atoms. The molecule has 0 saturated carbocycles. The summed E-state index contributed by atoms with van der Waals surface area (Å²) >= 11 is 3.47. The number of hydrogen-bond acceptors (Lipinski definition) is 3. The second-order valence-corrected chi connectivity index (χ2v) is 7.53. The van der Waals surface area contributed by atoms with E-state index in [1.807, 2.05) is 24.8 Å². The van der Waals surface area contributed by atoms with Crippen molar-refractivity contribution in [1.29, 1.82) is 0 Å². The molecule has 4 nitrogen and oxygen atoms in total. The number of piperidine rings is 1. The molecule has 5 heteroatoms. The molecule has 2 aromatic rings. The average Bonchev–Trinajstić information content (AvgIpc) is 2.83. The smallest absolute Gasteiger partial charge is 0.258 e. The van der Waals surface area contributed by atoms with E-state index < -0.39 is 0 Å². The van der Waals surface area contributed by atoms with E-state index in [1.54, 1.807) is 0 Å². The molecule has 1 aliphatic heterocycles. The van der Waals surface area contributed by atoms with Gasteiger partial charge in [0.05, 0.1) is 10.0 Å². The van der Waals surface area contributed by atoms with Crippen molar-refractivity contribution in [2.75, 3.05) is 13.1 Å². The van der Waals surface area contributed by atoms with Gasteiger partial charge in [-0.2, -0.15) is 0 Å². The highest BCUT2D eigenvalue weighted by atomic mass is 79.9. The van der Waals surface area contributed by atoms with Crippen LogP contribution >= 0.6 is 15.9 Å². The van der Waals surface area contributed by atoms with Crippen LogP contribution in [0.2, 0.25) is 0 Å². The molecule has 0 aliphatic carbocycles. The second-order valence-electron chi connectivity index (χ2n) is 6.73. The zero-order chi connectivity index (χ0) is 18.1. The van der Waals surface area contributed by atoms with E-state index in [1.165, 1.54) is 0 Å². The fourth-order valence-electron chi connectivity index (χ4n) is 3.39. The van der Waals surface area contributed by atoms with Crippen molar-refractivity contribution in [1.82, 2.24) is 4.90 Å². The number of carbonyl (C=O) groups excluding carboxylic acids is 1. The van der Waals surface area contributed by atoms with Gasteiger partial charge in [0.1, 0.15) is 23.4 Å². The third-order valence-electron chi connectivity index (χ3n) is 4.82. The first-order valence-corrected chi connectivity index (χ1v) is 9.45. The van der Waals surface area contributed by atoms with E-state index in [0.717, 1.165) is 40.0 Å². The maximum Gasteiger partial charge on any atom is 0.258 e. The minimum absolute atomic E-state index is 0.0340. The molecule has 1 aliphatic rings. The molecule has 0 spiro atoms. The van der Waals surface area contributed by atoms with E-state index >= 15 is 0 Å². The Bertz CT molecular complexity index is 768. The second kappa shape index (κ2) is 7.24. The van der Waals surface area contributed by atoms with E-state index in [0.29, 0.717) is 24.4 Å². The number of carbonyl (C=O) groups is 1. The summed E-state index contributed by atoms with van der Waals surface area (Å²) in [4.78, 5) is 14.7. The Balaban J connectivity index is 1.65. The summed E-state index contributed by atoms with van der Waals surface area (Å²) < 4.78 is 12.6. The Labute approximate surface area is 157 Å². The molecule has 2 heterocycles. The number of para-hydroxylation sites is 1. The highest BCUT2D eigenvalue weighted by Crippen LogP contribution is 2.30. The summed E-state index contributed by atoms with van der Waals surface area (Å²) in [6, 6.07) is 6.19. The molecule has 0 radical (unpaired) electrons. The third kappa shape index (κ3) is 3.61. The number of aryl methyl sites for hydroxylation is 4. The minimum Gasteiger partial charge on any atom is -0.490 e. The fourth-order valence-corrected chi connectivity index (χ4v) is 3.92. The van der Waals surface area contributed by atoms with Gasteiger partial charge in [0.15, 0.2) is 0 Å². The first-order valence-electron chi connectivity index (χ1n) is 8.66. The third-order valence-corrected chi connectivity index (χ3v) is 5.78. The number of amides is 1. The summed E-state index contributed by atoms with van der Waals surface area (Å²) in [5.74, 6) is 2.43. The first kappa shape index (κ1) is 18.1. The summed E-state index contributed by atoms with van der Waals surface area (Å²) in [6.45, 7) is 9.24. The van der Waals surface area contributed by atoms with Gasteiger partial charge >= 0.3 is 0 Å². The van der Waals surface area contributed by atoms with Crippen LogP contribution in [-0.4, -0.2) is 30.0 Å². The van der Waals surface area contributed by atoms with Gasteiger partial charge in [-0.1, -0.05) is 18.2 Å². The molecule has 1 amide bonds. The topological polar surface area (TPSA) is 42.7 Å². The Morgan fingerprint density at radius 3 is 2.24 bits per heavy atom. The highest BCUT2D eigenvalue weighted by Gasteiger charge is 2.29. The minimum atomic E-state index is 0.0340. The van der Waals surface area contributed by atoms with Gasteiger partial charge in [-0.25, -0.2) is 0 Å². The molecule has 134 valence electrons. The highest BCUT2D eigenvalue weighted by molar-refractivity contribution is 9.10. The lowest BCUT2D eigenvalue weighted by atomic mass is 10.1. The predicted octanol–water partition coefficient (Wildman–Crippen LogP) is 4.96. The van der Waals surface area contributed by atoms with Crippen molar-refractivity contribution >= 4 is 21.8 Å². The van der Waals surface area contributed by atoms with Gasteiger partial charge in [-0.15, -0.1) is 0 Å². The Morgan fingerprint density at radius 1 is 1.12 bits per heavy atom. The van der Waals surface area contributed by atoms with Crippen molar-refractivity contribution in [2.24, 2.45) is 0 Å². The summed E-state index contributed by atoms with van der Waals surface area (Å²) in [5.41, 5.74) is 2.96. The molecule has 25 heavy (non-hydrogen) atoms. The molecule has 1 fully saturated rings. The fraction of sp³-hybridized carbons (Fsp3) is 0.450. The van der Waals surface area contributed by atoms with Gasteiger partial charge < -0.3 is 14.1 Å². The number of benzene rings is 1. The Hall–Kier alpha value is -1.75. The standard InChI is InChI=1S/C20H24BrNO3/c1-12-6-5-7-13(2)19(12)25-16-8-10-22(11-9-16)20(23)17-14(3)24-15(4)18(17)21/h5-7,16H,8-11H2,1-4H3. The van der Waals surface area contributed by atoms with Crippen molar-refractivity contribution in [3.05, 3.63) is 50.9 Å². The number of likely N-dealkylation sites (tertiary alicyclic amines) is 1. The Morgan fingerprint density at radius 2 is 1.72 bits per heavy atom. The van der Waals surface area contributed by atoms with Crippen LogP contribution < -0.4 is 4.74 Å². The molecule has 1 aromatic carbocycles. The van der Waals surface area contributed by atoms with E-state index in [4.69, 9.17) is 9.15 Å².